The zero-order chi connectivity index (χ0) is 13.0. The van der Waals surface area contributed by atoms with Gasteiger partial charge in [0.1, 0.15) is 12.4 Å². The number of benzene rings is 1. The second-order valence-corrected chi connectivity index (χ2v) is 4.19. The maximum absolute atomic E-state index is 11.3. The van der Waals surface area contributed by atoms with E-state index in [-0.39, 0.29) is 34.8 Å². The predicted octanol–water partition coefficient (Wildman–Crippen LogP) is 2.85. The highest BCUT2D eigenvalue weighted by atomic mass is 35.5. The average molecular weight is 258 g/mol. The van der Waals surface area contributed by atoms with E-state index in [4.69, 9.17) is 16.3 Å². The van der Waals surface area contributed by atoms with Crippen molar-refractivity contribution in [3.05, 3.63) is 33.3 Å². The third-order valence-electron chi connectivity index (χ3n) is 2.14. The highest BCUT2D eigenvalue weighted by molar-refractivity contribution is 6.32. The first-order chi connectivity index (χ1) is 7.91. The van der Waals surface area contributed by atoms with E-state index in [1.165, 1.54) is 18.2 Å². The molecule has 0 heterocycles. The van der Waals surface area contributed by atoms with Gasteiger partial charge in [-0.3, -0.25) is 14.9 Å². The van der Waals surface area contributed by atoms with Crippen LogP contribution >= 0.6 is 11.6 Å². The van der Waals surface area contributed by atoms with Crippen LogP contribution in [0.4, 0.5) is 5.69 Å². The second kappa shape index (κ2) is 5.63. The summed E-state index contributed by atoms with van der Waals surface area (Å²) in [5.41, 5.74) is -0.113. The van der Waals surface area contributed by atoms with Crippen LogP contribution in [0.1, 0.15) is 13.8 Å². The molecule has 0 aliphatic rings. The van der Waals surface area contributed by atoms with Crippen LogP contribution in [0.25, 0.3) is 0 Å². The van der Waals surface area contributed by atoms with E-state index in [9.17, 15) is 14.9 Å². The number of carbonyl (C=O) groups excluding carboxylic acids is 1. The molecule has 0 aliphatic carbocycles. The van der Waals surface area contributed by atoms with Crippen molar-refractivity contribution in [2.24, 2.45) is 5.92 Å². The molecule has 0 amide bonds. The average Bonchev–Trinajstić information content (AvgIpc) is 2.26. The van der Waals surface area contributed by atoms with Gasteiger partial charge in [-0.1, -0.05) is 25.4 Å². The number of rotatable bonds is 5. The van der Waals surface area contributed by atoms with Crippen LogP contribution in [0.15, 0.2) is 18.2 Å². The lowest BCUT2D eigenvalue weighted by atomic mass is 10.1. The lowest BCUT2D eigenvalue weighted by molar-refractivity contribution is -0.384. The summed E-state index contributed by atoms with van der Waals surface area (Å²) >= 11 is 5.80. The highest BCUT2D eigenvalue weighted by Crippen LogP contribution is 2.28. The number of halogens is 1. The van der Waals surface area contributed by atoms with Crippen LogP contribution in [0.2, 0.25) is 5.02 Å². The molecule has 1 rings (SSSR count). The molecular formula is C11H12ClNO4. The van der Waals surface area contributed by atoms with E-state index in [1.54, 1.807) is 13.8 Å². The van der Waals surface area contributed by atoms with Crippen molar-refractivity contribution in [2.45, 2.75) is 13.8 Å². The Kier molecular flexibility index (Phi) is 4.45. The van der Waals surface area contributed by atoms with E-state index in [2.05, 4.69) is 0 Å². The van der Waals surface area contributed by atoms with Crippen LogP contribution in [0.3, 0.4) is 0 Å². The SMILES string of the molecule is CC(C)C(=O)COc1ccc([N+](=O)[O-])cc1Cl. The van der Waals surface area contributed by atoms with E-state index >= 15 is 0 Å². The quantitative estimate of drug-likeness (QED) is 0.601. The Hall–Kier alpha value is -1.62. The fourth-order valence-electron chi connectivity index (χ4n) is 1.04. The smallest absolute Gasteiger partial charge is 0.271 e. The maximum atomic E-state index is 11.3. The summed E-state index contributed by atoms with van der Waals surface area (Å²) in [7, 11) is 0. The molecule has 6 heteroatoms. The Morgan fingerprint density at radius 1 is 1.53 bits per heavy atom. The molecule has 0 unspecified atom stereocenters. The van der Waals surface area contributed by atoms with E-state index in [1.807, 2.05) is 0 Å². The summed E-state index contributed by atoms with van der Waals surface area (Å²) < 4.78 is 5.19. The first-order valence-electron chi connectivity index (χ1n) is 5.01. The summed E-state index contributed by atoms with van der Waals surface area (Å²) in [4.78, 5) is 21.3. The number of carbonyl (C=O) groups is 1. The molecule has 0 aromatic heterocycles. The van der Waals surface area contributed by atoms with Crippen LogP contribution in [0, 0.1) is 16.0 Å². The minimum atomic E-state index is -0.547. The Bertz CT molecular complexity index is 445. The lowest BCUT2D eigenvalue weighted by Crippen LogP contribution is -2.16. The normalized spacial score (nSPS) is 10.4. The number of nitro benzene ring substituents is 1. The van der Waals surface area contributed by atoms with Crippen molar-refractivity contribution in [3.63, 3.8) is 0 Å². The van der Waals surface area contributed by atoms with E-state index in [0.717, 1.165) is 0 Å². The zero-order valence-corrected chi connectivity index (χ0v) is 10.2. The lowest BCUT2D eigenvalue weighted by Gasteiger charge is -2.08. The minimum absolute atomic E-state index is 0.0561. The Morgan fingerprint density at radius 3 is 2.65 bits per heavy atom. The van der Waals surface area contributed by atoms with Gasteiger partial charge in [-0.05, 0) is 6.07 Å². The fraction of sp³-hybridized carbons (Fsp3) is 0.364. The van der Waals surface area contributed by atoms with Crippen molar-refractivity contribution >= 4 is 23.1 Å². The van der Waals surface area contributed by atoms with Gasteiger partial charge in [-0.15, -0.1) is 0 Å². The fourth-order valence-corrected chi connectivity index (χ4v) is 1.27. The van der Waals surface area contributed by atoms with Gasteiger partial charge in [0.05, 0.1) is 9.95 Å². The van der Waals surface area contributed by atoms with Gasteiger partial charge in [-0.25, -0.2) is 0 Å². The standard InChI is InChI=1S/C11H12ClNO4/c1-7(2)10(14)6-17-11-4-3-8(13(15)16)5-9(11)12/h3-5,7H,6H2,1-2H3. The molecule has 5 nitrogen and oxygen atoms in total. The van der Waals surface area contributed by atoms with Crippen LogP contribution in [-0.2, 0) is 4.79 Å². The molecular weight excluding hydrogens is 246 g/mol. The molecule has 0 aliphatic heterocycles. The van der Waals surface area contributed by atoms with Gasteiger partial charge in [0, 0.05) is 18.1 Å². The summed E-state index contributed by atoms with van der Waals surface area (Å²) in [5.74, 6) is 0.0949. The van der Waals surface area contributed by atoms with Crippen LogP contribution in [-0.4, -0.2) is 17.3 Å². The zero-order valence-electron chi connectivity index (χ0n) is 9.47. The van der Waals surface area contributed by atoms with Crippen LogP contribution < -0.4 is 4.74 Å². The van der Waals surface area contributed by atoms with Crippen molar-refractivity contribution in [1.29, 1.82) is 0 Å². The molecule has 0 saturated carbocycles. The van der Waals surface area contributed by atoms with Crippen molar-refractivity contribution in [3.8, 4) is 5.75 Å². The molecule has 0 bridgehead atoms. The van der Waals surface area contributed by atoms with Gasteiger partial charge in [0.25, 0.3) is 5.69 Å². The molecule has 0 atom stereocenters. The van der Waals surface area contributed by atoms with Gasteiger partial charge >= 0.3 is 0 Å². The molecule has 17 heavy (non-hydrogen) atoms. The minimum Gasteiger partial charge on any atom is -0.484 e. The number of hydrogen-bond donors (Lipinski definition) is 0. The monoisotopic (exact) mass is 257 g/mol. The second-order valence-electron chi connectivity index (χ2n) is 3.78. The summed E-state index contributed by atoms with van der Waals surface area (Å²) in [5, 5.41) is 10.6. The van der Waals surface area contributed by atoms with Crippen LogP contribution in [0.5, 0.6) is 5.75 Å². The number of nitrogens with zero attached hydrogens (tertiary/aromatic N) is 1. The Morgan fingerprint density at radius 2 is 2.18 bits per heavy atom. The van der Waals surface area contributed by atoms with Gasteiger partial charge in [0.15, 0.2) is 5.78 Å². The number of Topliss-reactive ketones (excluding diaryl/α,β-unsaturated/α-hetero) is 1. The molecule has 0 radical (unpaired) electrons. The summed E-state index contributed by atoms with van der Waals surface area (Å²) in [6.45, 7) is 3.45. The number of nitro groups is 1. The molecule has 0 fully saturated rings. The number of hydrogen-bond acceptors (Lipinski definition) is 4. The van der Waals surface area contributed by atoms with Crippen molar-refractivity contribution in [2.75, 3.05) is 6.61 Å². The number of non-ortho nitro benzene ring substituents is 1. The Labute approximate surface area is 103 Å². The van der Waals surface area contributed by atoms with Gasteiger partial charge < -0.3 is 4.74 Å². The highest BCUT2D eigenvalue weighted by Gasteiger charge is 2.12. The summed E-state index contributed by atoms with van der Waals surface area (Å²) in [6.07, 6.45) is 0. The molecule has 0 saturated heterocycles. The molecule has 1 aromatic carbocycles. The largest absolute Gasteiger partial charge is 0.484 e. The van der Waals surface area contributed by atoms with Gasteiger partial charge in [-0.2, -0.15) is 0 Å². The Balaban J connectivity index is 2.73. The van der Waals surface area contributed by atoms with Crippen molar-refractivity contribution < 1.29 is 14.5 Å². The number of ketones is 1. The molecule has 0 N–H and O–H groups in total. The predicted molar refractivity (Wildman–Crippen MR) is 63.4 cm³/mol. The summed E-state index contributed by atoms with van der Waals surface area (Å²) in [6, 6.07) is 3.85. The van der Waals surface area contributed by atoms with E-state index < -0.39 is 4.92 Å². The first kappa shape index (κ1) is 13.4. The maximum Gasteiger partial charge on any atom is 0.271 e. The molecule has 1 aromatic rings. The van der Waals surface area contributed by atoms with Gasteiger partial charge in [0.2, 0.25) is 0 Å². The third-order valence-corrected chi connectivity index (χ3v) is 2.44. The third kappa shape index (κ3) is 3.71. The molecule has 92 valence electrons. The first-order valence-corrected chi connectivity index (χ1v) is 5.39. The van der Waals surface area contributed by atoms with E-state index in [0.29, 0.717) is 0 Å². The molecule has 0 spiro atoms. The number of ether oxygens (including phenoxy) is 1. The van der Waals surface area contributed by atoms with Crippen molar-refractivity contribution in [1.82, 2.24) is 0 Å². The topological polar surface area (TPSA) is 69.4 Å².